The van der Waals surface area contributed by atoms with E-state index < -0.39 is 35.3 Å². The molecule has 0 saturated carbocycles. The van der Waals surface area contributed by atoms with E-state index in [1.165, 1.54) is 6.92 Å². The van der Waals surface area contributed by atoms with Gasteiger partial charge in [0.1, 0.15) is 12.1 Å². The summed E-state index contributed by atoms with van der Waals surface area (Å²) >= 11 is 5.68. The number of nitrogens with zero attached hydrogens (tertiary/aromatic N) is 4. The Bertz CT molecular complexity index is 1070. The lowest BCUT2D eigenvalue weighted by molar-refractivity contribution is -0.137. The Hall–Kier alpha value is -2.73. The van der Waals surface area contributed by atoms with Crippen LogP contribution in [-0.4, -0.2) is 25.7 Å². The molecule has 6 nitrogen and oxygen atoms in total. The van der Waals surface area contributed by atoms with E-state index >= 15 is 0 Å². The zero-order chi connectivity index (χ0) is 21.3. The average molecular weight is 466 g/mol. The van der Waals surface area contributed by atoms with Gasteiger partial charge in [0.2, 0.25) is 0 Å². The lowest BCUT2D eigenvalue weighted by atomic mass is 10.1. The van der Waals surface area contributed by atoms with E-state index in [1.807, 2.05) is 0 Å². The van der Waals surface area contributed by atoms with Crippen molar-refractivity contribution in [2.24, 2.45) is 0 Å². The van der Waals surface area contributed by atoms with Gasteiger partial charge in [0, 0.05) is 16.7 Å². The molecule has 0 aliphatic heterocycles. The van der Waals surface area contributed by atoms with E-state index in [9.17, 15) is 26.7 Å². The minimum absolute atomic E-state index is 0. The smallest absolute Gasteiger partial charge is 0.342 e. The highest BCUT2D eigenvalue weighted by Crippen LogP contribution is 2.32. The molecule has 0 radical (unpaired) electrons. The Kier molecular flexibility index (Phi) is 7.03. The standard InChI is InChI=1S/C17H11ClF5N5O.H2S/c1-8(14-25-7-26-28(14)15-13(20)5-12(19)6-24-15)27-16(29)9-2-10(17(21,22)23)4-11(18)3-9;/h2-8H,1H3,(H,27,29);1H2/t8-;/m0./s1. The Morgan fingerprint density at radius 3 is 2.50 bits per heavy atom. The van der Waals surface area contributed by atoms with E-state index in [0.717, 1.165) is 23.3 Å². The lowest BCUT2D eigenvalue weighted by Crippen LogP contribution is -2.29. The van der Waals surface area contributed by atoms with Crippen molar-refractivity contribution in [1.82, 2.24) is 25.1 Å². The highest BCUT2D eigenvalue weighted by Gasteiger charge is 2.32. The van der Waals surface area contributed by atoms with Crippen LogP contribution < -0.4 is 5.32 Å². The molecule has 1 amide bonds. The molecule has 2 aromatic heterocycles. The largest absolute Gasteiger partial charge is 0.416 e. The summed E-state index contributed by atoms with van der Waals surface area (Å²) in [6, 6.07) is 2.11. The van der Waals surface area contributed by atoms with Crippen LogP contribution in [0.3, 0.4) is 0 Å². The maximum atomic E-state index is 14.0. The zero-order valence-electron chi connectivity index (χ0n) is 15.0. The summed E-state index contributed by atoms with van der Waals surface area (Å²) in [6.07, 6.45) is -2.85. The maximum absolute atomic E-state index is 14.0. The van der Waals surface area contributed by atoms with Crippen LogP contribution in [0.1, 0.15) is 34.7 Å². The van der Waals surface area contributed by atoms with Gasteiger partial charge >= 0.3 is 6.18 Å². The van der Waals surface area contributed by atoms with Crippen molar-refractivity contribution in [2.75, 3.05) is 0 Å². The van der Waals surface area contributed by atoms with Crippen molar-refractivity contribution >= 4 is 31.0 Å². The molecule has 1 aromatic carbocycles. The lowest BCUT2D eigenvalue weighted by Gasteiger charge is -2.15. The van der Waals surface area contributed by atoms with Gasteiger partial charge in [-0.25, -0.2) is 18.7 Å². The third kappa shape index (κ3) is 5.05. The van der Waals surface area contributed by atoms with E-state index in [1.54, 1.807) is 0 Å². The molecule has 3 rings (SSSR count). The number of nitrogens with one attached hydrogen (secondary N) is 1. The van der Waals surface area contributed by atoms with Gasteiger partial charge in [0.15, 0.2) is 17.5 Å². The number of hydrogen-bond acceptors (Lipinski definition) is 4. The second kappa shape index (κ2) is 8.96. The molecule has 1 atom stereocenters. The number of carbonyl (C=O) groups excluding carboxylic acids is 1. The molecule has 3 aromatic rings. The van der Waals surface area contributed by atoms with E-state index in [-0.39, 0.29) is 35.7 Å². The fourth-order valence-electron chi connectivity index (χ4n) is 2.50. The minimum Gasteiger partial charge on any atom is -0.342 e. The third-order valence-electron chi connectivity index (χ3n) is 3.79. The van der Waals surface area contributed by atoms with Gasteiger partial charge in [-0.05, 0) is 25.1 Å². The molecule has 0 saturated heterocycles. The van der Waals surface area contributed by atoms with Crippen molar-refractivity contribution < 1.29 is 26.7 Å². The number of carbonyl (C=O) groups is 1. The van der Waals surface area contributed by atoms with Gasteiger partial charge in [-0.2, -0.15) is 36.4 Å². The van der Waals surface area contributed by atoms with Crippen molar-refractivity contribution in [3.8, 4) is 5.82 Å². The summed E-state index contributed by atoms with van der Waals surface area (Å²) in [4.78, 5) is 19.9. The van der Waals surface area contributed by atoms with Crippen molar-refractivity contribution in [3.05, 3.63) is 70.4 Å². The molecule has 0 fully saturated rings. The van der Waals surface area contributed by atoms with Crippen LogP contribution in [0.4, 0.5) is 22.0 Å². The van der Waals surface area contributed by atoms with Crippen LogP contribution in [0.15, 0.2) is 36.8 Å². The van der Waals surface area contributed by atoms with Crippen LogP contribution in [-0.2, 0) is 6.18 Å². The van der Waals surface area contributed by atoms with Crippen LogP contribution in [0.5, 0.6) is 0 Å². The predicted molar refractivity (Wildman–Crippen MR) is 102 cm³/mol. The molecule has 0 aliphatic carbocycles. The monoisotopic (exact) mass is 465 g/mol. The van der Waals surface area contributed by atoms with Gasteiger partial charge in [0.05, 0.1) is 17.8 Å². The van der Waals surface area contributed by atoms with Gasteiger partial charge < -0.3 is 5.32 Å². The molecule has 0 aliphatic rings. The van der Waals surface area contributed by atoms with Gasteiger partial charge in [-0.1, -0.05) is 11.6 Å². The first-order valence-electron chi connectivity index (χ1n) is 7.96. The number of amides is 1. The molecule has 160 valence electrons. The number of pyridine rings is 1. The minimum atomic E-state index is -4.68. The summed E-state index contributed by atoms with van der Waals surface area (Å²) in [5.41, 5.74) is -1.41. The highest BCUT2D eigenvalue weighted by atomic mass is 35.5. The second-order valence-corrected chi connectivity index (χ2v) is 6.35. The van der Waals surface area contributed by atoms with Crippen molar-refractivity contribution in [1.29, 1.82) is 0 Å². The Morgan fingerprint density at radius 2 is 1.87 bits per heavy atom. The molecule has 2 heterocycles. The molecule has 1 N–H and O–H groups in total. The van der Waals surface area contributed by atoms with Gasteiger partial charge in [0.25, 0.3) is 5.91 Å². The maximum Gasteiger partial charge on any atom is 0.416 e. The molecule has 0 unspecified atom stereocenters. The second-order valence-electron chi connectivity index (χ2n) is 5.91. The van der Waals surface area contributed by atoms with Gasteiger partial charge in [-0.3, -0.25) is 4.79 Å². The van der Waals surface area contributed by atoms with E-state index in [2.05, 4.69) is 20.4 Å². The Balaban J connectivity index is 0.00000320. The summed E-state index contributed by atoms with van der Waals surface area (Å²) in [5, 5.41) is 5.97. The van der Waals surface area contributed by atoms with E-state index in [0.29, 0.717) is 18.2 Å². The predicted octanol–water partition coefficient (Wildman–Crippen LogP) is 4.22. The van der Waals surface area contributed by atoms with Crippen molar-refractivity contribution in [2.45, 2.75) is 19.1 Å². The van der Waals surface area contributed by atoms with Crippen LogP contribution in [0, 0.1) is 11.6 Å². The Morgan fingerprint density at radius 1 is 1.17 bits per heavy atom. The number of rotatable bonds is 4. The molecule has 30 heavy (non-hydrogen) atoms. The number of hydrogen-bond donors (Lipinski definition) is 1. The summed E-state index contributed by atoms with van der Waals surface area (Å²) in [7, 11) is 0. The summed E-state index contributed by atoms with van der Waals surface area (Å²) in [5.74, 6) is -3.11. The van der Waals surface area contributed by atoms with Crippen molar-refractivity contribution in [3.63, 3.8) is 0 Å². The molecule has 0 spiro atoms. The van der Waals surface area contributed by atoms with Crippen LogP contribution in [0.2, 0.25) is 5.02 Å². The first kappa shape index (κ1) is 23.5. The number of benzene rings is 1. The van der Waals surface area contributed by atoms with E-state index in [4.69, 9.17) is 11.6 Å². The fraction of sp³-hybridized carbons (Fsp3) is 0.176. The molecular weight excluding hydrogens is 453 g/mol. The third-order valence-corrected chi connectivity index (χ3v) is 4.00. The summed E-state index contributed by atoms with van der Waals surface area (Å²) < 4.78 is 66.8. The first-order valence-corrected chi connectivity index (χ1v) is 8.34. The number of alkyl halides is 3. The zero-order valence-corrected chi connectivity index (χ0v) is 16.8. The first-order chi connectivity index (χ1) is 13.6. The highest BCUT2D eigenvalue weighted by molar-refractivity contribution is 7.59. The summed E-state index contributed by atoms with van der Waals surface area (Å²) in [6.45, 7) is 1.45. The average Bonchev–Trinajstić information content (AvgIpc) is 3.10. The van der Waals surface area contributed by atoms with Crippen LogP contribution >= 0.6 is 25.1 Å². The quantitative estimate of drug-likeness (QED) is 0.586. The normalized spacial score (nSPS) is 12.2. The van der Waals surface area contributed by atoms with Crippen LogP contribution in [0.25, 0.3) is 5.82 Å². The Labute approximate surface area is 178 Å². The molecule has 0 bridgehead atoms. The number of halogens is 6. The fourth-order valence-corrected chi connectivity index (χ4v) is 2.74. The van der Waals surface area contributed by atoms with Gasteiger partial charge in [-0.15, -0.1) is 0 Å². The SMILES string of the molecule is C[C@H](NC(=O)c1cc(Cl)cc(C(F)(F)F)c1)c1ncnn1-c1ncc(F)cc1F.S. The molecular formula is C17H13ClF5N5OS. The number of aromatic nitrogens is 4. The molecule has 13 heteroatoms. The topological polar surface area (TPSA) is 72.7 Å².